The van der Waals surface area contributed by atoms with Gasteiger partial charge in [-0.3, -0.25) is 9.78 Å². The number of nitrogens with one attached hydrogen (secondary N) is 1. The number of aromatic nitrogens is 1. The molecule has 1 N–H and O–H groups in total. The summed E-state index contributed by atoms with van der Waals surface area (Å²) in [6.07, 6.45) is 2.05. The molecule has 7 nitrogen and oxygen atoms in total. The van der Waals surface area contributed by atoms with Gasteiger partial charge < -0.3 is 4.90 Å². The molecule has 9 heteroatoms. The van der Waals surface area contributed by atoms with Crippen LogP contribution in [0.25, 0.3) is 10.6 Å². The summed E-state index contributed by atoms with van der Waals surface area (Å²) in [5, 5.41) is 9.02. The fourth-order valence-corrected chi connectivity index (χ4v) is 5.84. The molecule has 0 bridgehead atoms. The molecule has 1 aromatic carbocycles. The van der Waals surface area contributed by atoms with Crippen LogP contribution >= 0.6 is 11.3 Å². The summed E-state index contributed by atoms with van der Waals surface area (Å²) >= 11 is 1.12. The van der Waals surface area contributed by atoms with E-state index < -0.39 is 16.1 Å². The Kier molecular flexibility index (Phi) is 5.63. The van der Waals surface area contributed by atoms with Gasteiger partial charge in [0.15, 0.2) is 0 Å². The minimum atomic E-state index is -3.82. The van der Waals surface area contributed by atoms with E-state index in [0.29, 0.717) is 30.8 Å². The largest absolute Gasteiger partial charge is 0.337 e. The summed E-state index contributed by atoms with van der Waals surface area (Å²) in [6, 6.07) is 17.0. The average molecular weight is 439 g/mol. The number of carbonyl (C=O) groups excluding carboxylic acids is 1. The number of carbonyl (C=O) groups is 1. The third-order valence-corrected chi connectivity index (χ3v) is 7.86. The van der Waals surface area contributed by atoms with Crippen molar-refractivity contribution in [2.75, 3.05) is 6.54 Å². The van der Waals surface area contributed by atoms with E-state index in [0.717, 1.165) is 21.8 Å². The second-order valence-corrected chi connectivity index (χ2v) is 9.89. The number of hydrogen-bond donors (Lipinski definition) is 1. The van der Waals surface area contributed by atoms with Gasteiger partial charge in [0.2, 0.25) is 5.91 Å². The number of sulfonamides is 1. The van der Waals surface area contributed by atoms with Crippen molar-refractivity contribution < 1.29 is 13.2 Å². The van der Waals surface area contributed by atoms with Crippen molar-refractivity contribution in [2.24, 2.45) is 0 Å². The van der Waals surface area contributed by atoms with Crippen molar-refractivity contribution in [3.63, 3.8) is 0 Å². The summed E-state index contributed by atoms with van der Waals surface area (Å²) in [4.78, 5) is 19.3. The molecule has 1 fully saturated rings. The van der Waals surface area contributed by atoms with Gasteiger partial charge in [-0.2, -0.15) is 9.98 Å². The third-order valence-electron chi connectivity index (χ3n) is 4.79. The lowest BCUT2D eigenvalue weighted by atomic mass is 10.1. The van der Waals surface area contributed by atoms with Crippen LogP contribution in [0.3, 0.4) is 0 Å². The monoisotopic (exact) mass is 438 g/mol. The normalized spacial score (nSPS) is 16.6. The first-order chi connectivity index (χ1) is 14.5. The topological polar surface area (TPSA) is 103 Å². The summed E-state index contributed by atoms with van der Waals surface area (Å²) in [6.45, 7) is 0.793. The highest BCUT2D eigenvalue weighted by molar-refractivity contribution is 7.91. The van der Waals surface area contributed by atoms with Gasteiger partial charge in [0.05, 0.1) is 22.2 Å². The number of thiophene rings is 1. The molecule has 1 saturated heterocycles. The predicted molar refractivity (Wildman–Crippen MR) is 113 cm³/mol. The number of nitriles is 1. The minimum absolute atomic E-state index is 0.149. The van der Waals surface area contributed by atoms with Crippen molar-refractivity contribution >= 4 is 27.3 Å². The first kappa shape index (κ1) is 20.2. The predicted octanol–water partition coefficient (Wildman–Crippen LogP) is 2.76. The number of likely N-dealkylation sites (tertiary alicyclic amines) is 1. The zero-order valence-corrected chi connectivity index (χ0v) is 17.5. The van der Waals surface area contributed by atoms with Gasteiger partial charge in [-0.15, -0.1) is 11.3 Å². The molecule has 0 saturated carbocycles. The number of rotatable bonds is 6. The molecule has 152 valence electrons. The van der Waals surface area contributed by atoms with Crippen LogP contribution in [-0.2, 0) is 21.4 Å². The molecule has 1 aliphatic heterocycles. The van der Waals surface area contributed by atoms with Gasteiger partial charge in [0.25, 0.3) is 10.0 Å². The molecule has 0 radical (unpaired) electrons. The van der Waals surface area contributed by atoms with Crippen molar-refractivity contribution in [3.8, 4) is 16.6 Å². The highest BCUT2D eigenvalue weighted by Crippen LogP contribution is 2.30. The lowest BCUT2D eigenvalue weighted by Gasteiger charge is -2.17. The molecule has 4 rings (SSSR count). The van der Waals surface area contributed by atoms with Crippen LogP contribution in [0.1, 0.15) is 17.5 Å². The van der Waals surface area contributed by atoms with E-state index in [1.807, 2.05) is 18.2 Å². The first-order valence-corrected chi connectivity index (χ1v) is 11.6. The quantitative estimate of drug-likeness (QED) is 0.637. The van der Waals surface area contributed by atoms with Gasteiger partial charge in [0, 0.05) is 19.3 Å². The van der Waals surface area contributed by atoms with Gasteiger partial charge in [0.1, 0.15) is 10.3 Å². The average Bonchev–Trinajstić information content (AvgIpc) is 3.38. The van der Waals surface area contributed by atoms with Crippen molar-refractivity contribution in [1.29, 1.82) is 5.26 Å². The fourth-order valence-electron chi connectivity index (χ4n) is 3.32. The van der Waals surface area contributed by atoms with Crippen LogP contribution in [0.2, 0.25) is 0 Å². The van der Waals surface area contributed by atoms with Crippen LogP contribution in [0.4, 0.5) is 0 Å². The Morgan fingerprint density at radius 1 is 1.20 bits per heavy atom. The van der Waals surface area contributed by atoms with Crippen LogP contribution in [0.5, 0.6) is 0 Å². The van der Waals surface area contributed by atoms with Crippen LogP contribution < -0.4 is 4.72 Å². The molecule has 0 aliphatic carbocycles. The Hall–Kier alpha value is -3.06. The lowest BCUT2D eigenvalue weighted by molar-refractivity contribution is -0.129. The molecule has 1 amide bonds. The Morgan fingerprint density at radius 3 is 2.83 bits per heavy atom. The van der Waals surface area contributed by atoms with E-state index in [9.17, 15) is 13.2 Å². The summed E-state index contributed by atoms with van der Waals surface area (Å²) < 4.78 is 28.3. The van der Waals surface area contributed by atoms with Crippen LogP contribution in [0.15, 0.2) is 65.0 Å². The molecule has 3 heterocycles. The molecule has 0 spiro atoms. The van der Waals surface area contributed by atoms with E-state index in [1.54, 1.807) is 41.4 Å². The molecular formula is C21H18N4O3S2. The van der Waals surface area contributed by atoms with E-state index >= 15 is 0 Å². The van der Waals surface area contributed by atoms with Crippen molar-refractivity contribution in [1.82, 2.24) is 14.6 Å². The Balaban J connectivity index is 1.45. The van der Waals surface area contributed by atoms with E-state index in [2.05, 4.69) is 15.8 Å². The molecule has 1 atom stereocenters. The maximum absolute atomic E-state index is 12.8. The number of hydrogen-bond acceptors (Lipinski definition) is 6. The SMILES string of the molecule is N#Cc1cccc(CN2CC[C@H](NS(=O)(=O)c3ccc(-c4ccccn4)s3)C2=O)c1. The number of nitrogens with zero attached hydrogens (tertiary/aromatic N) is 3. The summed E-state index contributed by atoms with van der Waals surface area (Å²) in [5.41, 5.74) is 2.06. The second-order valence-electron chi connectivity index (χ2n) is 6.87. The summed E-state index contributed by atoms with van der Waals surface area (Å²) in [7, 11) is -3.82. The van der Waals surface area contributed by atoms with E-state index in [-0.39, 0.29) is 10.1 Å². The van der Waals surface area contributed by atoms with Crippen LogP contribution in [0, 0.1) is 11.3 Å². The van der Waals surface area contributed by atoms with Gasteiger partial charge in [-0.05, 0) is 48.4 Å². The minimum Gasteiger partial charge on any atom is -0.337 e. The third kappa shape index (κ3) is 4.26. The number of pyridine rings is 1. The molecule has 0 unspecified atom stereocenters. The van der Waals surface area contributed by atoms with Gasteiger partial charge in [-0.25, -0.2) is 8.42 Å². The smallest absolute Gasteiger partial charge is 0.250 e. The number of amides is 1. The fraction of sp³-hybridized carbons (Fsp3) is 0.190. The molecule has 1 aliphatic rings. The maximum Gasteiger partial charge on any atom is 0.250 e. The standard InChI is InChI=1S/C21H18N4O3S2/c22-13-15-4-3-5-16(12-15)14-25-11-9-18(21(25)26)24-30(27,28)20-8-7-19(29-20)17-6-1-2-10-23-17/h1-8,10,12,18,24H,9,11,14H2/t18-/m0/s1. The Morgan fingerprint density at radius 2 is 2.07 bits per heavy atom. The zero-order valence-electron chi connectivity index (χ0n) is 15.9. The molecule has 30 heavy (non-hydrogen) atoms. The molecule has 3 aromatic rings. The van der Waals surface area contributed by atoms with E-state index in [1.165, 1.54) is 6.07 Å². The highest BCUT2D eigenvalue weighted by atomic mass is 32.2. The second kappa shape index (κ2) is 8.36. The Labute approximate surface area is 178 Å². The molecule has 2 aromatic heterocycles. The number of benzene rings is 1. The van der Waals surface area contributed by atoms with Crippen molar-refractivity contribution in [3.05, 3.63) is 71.9 Å². The molecular weight excluding hydrogens is 420 g/mol. The Bertz CT molecular complexity index is 1220. The summed E-state index contributed by atoms with van der Waals surface area (Å²) in [5.74, 6) is -0.262. The van der Waals surface area contributed by atoms with E-state index in [4.69, 9.17) is 5.26 Å². The highest BCUT2D eigenvalue weighted by Gasteiger charge is 2.35. The van der Waals surface area contributed by atoms with Crippen molar-refractivity contribution in [2.45, 2.75) is 23.2 Å². The van der Waals surface area contributed by atoms with Crippen LogP contribution in [-0.4, -0.2) is 36.8 Å². The van der Waals surface area contributed by atoms with Gasteiger partial charge >= 0.3 is 0 Å². The lowest BCUT2D eigenvalue weighted by Crippen LogP contribution is -2.41. The maximum atomic E-state index is 12.8. The van der Waals surface area contributed by atoms with Gasteiger partial charge in [-0.1, -0.05) is 18.2 Å². The first-order valence-electron chi connectivity index (χ1n) is 9.28. The zero-order chi connectivity index (χ0) is 21.1.